The van der Waals surface area contributed by atoms with Crippen LogP contribution in [0.3, 0.4) is 0 Å². The van der Waals surface area contributed by atoms with Crippen LogP contribution in [0.4, 0.5) is 11.4 Å². The quantitative estimate of drug-likeness (QED) is 0.647. The van der Waals surface area contributed by atoms with E-state index in [1.807, 2.05) is 31.2 Å². The van der Waals surface area contributed by atoms with Crippen molar-refractivity contribution < 1.29 is 14.3 Å². The van der Waals surface area contributed by atoms with Gasteiger partial charge in [0.05, 0.1) is 5.56 Å². The highest BCUT2D eigenvalue weighted by Crippen LogP contribution is 2.27. The molecule has 3 rings (SSSR count). The molecule has 0 bridgehead atoms. The van der Waals surface area contributed by atoms with Crippen molar-refractivity contribution in [3.05, 3.63) is 59.2 Å². The van der Waals surface area contributed by atoms with E-state index in [-0.39, 0.29) is 11.8 Å². The van der Waals surface area contributed by atoms with Gasteiger partial charge in [0, 0.05) is 50.3 Å². The lowest BCUT2D eigenvalue weighted by molar-refractivity contribution is 0.0947. The first-order valence-corrected chi connectivity index (χ1v) is 10.6. The van der Waals surface area contributed by atoms with Crippen molar-refractivity contribution in [3.8, 4) is 0 Å². The van der Waals surface area contributed by atoms with Gasteiger partial charge in [-0.15, -0.1) is 0 Å². The Kier molecular flexibility index (Phi) is 7.85. The summed E-state index contributed by atoms with van der Waals surface area (Å²) in [7, 11) is 1.65. The number of aryl methyl sites for hydroxylation is 1. The molecule has 2 amide bonds. The number of methoxy groups -OCH3 is 1. The summed E-state index contributed by atoms with van der Waals surface area (Å²) < 4.78 is 5.05. The Morgan fingerprint density at radius 3 is 2.43 bits per heavy atom. The summed E-state index contributed by atoms with van der Waals surface area (Å²) in [5.41, 5.74) is 3.82. The van der Waals surface area contributed by atoms with Gasteiger partial charge in [0.2, 0.25) is 0 Å². The number of hydrogen-bond acceptors (Lipinski definition) is 4. The van der Waals surface area contributed by atoms with E-state index in [2.05, 4.69) is 15.5 Å². The monoisotopic (exact) mass is 409 g/mol. The van der Waals surface area contributed by atoms with Crippen LogP contribution < -0.4 is 15.5 Å². The first-order chi connectivity index (χ1) is 14.6. The van der Waals surface area contributed by atoms with E-state index in [4.69, 9.17) is 4.74 Å². The molecule has 0 saturated carbocycles. The topological polar surface area (TPSA) is 70.7 Å². The molecular weight excluding hydrogens is 378 g/mol. The molecule has 0 spiro atoms. The summed E-state index contributed by atoms with van der Waals surface area (Å²) >= 11 is 0. The smallest absolute Gasteiger partial charge is 0.255 e. The molecule has 30 heavy (non-hydrogen) atoms. The summed E-state index contributed by atoms with van der Waals surface area (Å²) in [6.45, 7) is 5.02. The highest BCUT2D eigenvalue weighted by molar-refractivity contribution is 6.06. The maximum absolute atomic E-state index is 12.9. The summed E-state index contributed by atoms with van der Waals surface area (Å²) in [4.78, 5) is 27.8. The van der Waals surface area contributed by atoms with Gasteiger partial charge in [-0.1, -0.05) is 17.7 Å². The maximum atomic E-state index is 12.9. The molecule has 1 saturated heterocycles. The Morgan fingerprint density at radius 1 is 1.00 bits per heavy atom. The highest BCUT2D eigenvalue weighted by atomic mass is 16.5. The fourth-order valence-corrected chi connectivity index (χ4v) is 3.63. The van der Waals surface area contributed by atoms with E-state index in [0.29, 0.717) is 30.0 Å². The van der Waals surface area contributed by atoms with E-state index in [0.717, 1.165) is 43.6 Å². The molecule has 0 aromatic heterocycles. The van der Waals surface area contributed by atoms with Crippen LogP contribution >= 0.6 is 0 Å². The van der Waals surface area contributed by atoms with Gasteiger partial charge in [0.1, 0.15) is 0 Å². The van der Waals surface area contributed by atoms with Crippen LogP contribution in [-0.2, 0) is 4.74 Å². The first kappa shape index (κ1) is 21.8. The predicted molar refractivity (Wildman–Crippen MR) is 120 cm³/mol. The second kappa shape index (κ2) is 10.8. The van der Waals surface area contributed by atoms with Crippen molar-refractivity contribution >= 4 is 23.2 Å². The molecule has 6 nitrogen and oxygen atoms in total. The third kappa shape index (κ3) is 5.83. The highest BCUT2D eigenvalue weighted by Gasteiger charge is 2.19. The Bertz CT molecular complexity index is 858. The van der Waals surface area contributed by atoms with Gasteiger partial charge in [0.25, 0.3) is 11.8 Å². The van der Waals surface area contributed by atoms with Crippen molar-refractivity contribution in [1.82, 2.24) is 5.32 Å². The molecular formula is C24H31N3O3. The van der Waals surface area contributed by atoms with Gasteiger partial charge in [-0.2, -0.15) is 0 Å². The van der Waals surface area contributed by atoms with E-state index in [1.165, 1.54) is 6.42 Å². The molecule has 2 aromatic carbocycles. The minimum Gasteiger partial charge on any atom is -0.385 e. The number of hydrogen-bond donors (Lipinski definition) is 2. The van der Waals surface area contributed by atoms with Crippen LogP contribution in [0.25, 0.3) is 0 Å². The zero-order valence-electron chi connectivity index (χ0n) is 17.9. The van der Waals surface area contributed by atoms with Crippen LogP contribution in [0, 0.1) is 6.92 Å². The number of piperidine rings is 1. The largest absolute Gasteiger partial charge is 0.385 e. The molecule has 2 N–H and O–H groups in total. The van der Waals surface area contributed by atoms with Crippen molar-refractivity contribution in [1.29, 1.82) is 0 Å². The van der Waals surface area contributed by atoms with Gasteiger partial charge < -0.3 is 20.3 Å². The SMILES string of the molecule is COCCCNC(=O)c1cc(NC(=O)c2ccc(C)cc2)ccc1N1CCCCC1. The van der Waals surface area contributed by atoms with Crippen LogP contribution in [0.1, 0.15) is 52.0 Å². The van der Waals surface area contributed by atoms with Crippen molar-refractivity contribution in [2.24, 2.45) is 0 Å². The van der Waals surface area contributed by atoms with Crippen LogP contribution in [0.5, 0.6) is 0 Å². The average molecular weight is 410 g/mol. The molecule has 0 radical (unpaired) electrons. The zero-order valence-corrected chi connectivity index (χ0v) is 17.9. The molecule has 0 aliphatic carbocycles. The molecule has 0 unspecified atom stereocenters. The summed E-state index contributed by atoms with van der Waals surface area (Å²) in [5, 5.41) is 5.90. The maximum Gasteiger partial charge on any atom is 0.255 e. The molecule has 1 fully saturated rings. The van der Waals surface area contributed by atoms with Crippen molar-refractivity contribution in [2.75, 3.05) is 43.6 Å². The Balaban J connectivity index is 1.79. The fourth-order valence-electron chi connectivity index (χ4n) is 3.63. The second-order valence-electron chi connectivity index (χ2n) is 7.70. The van der Waals surface area contributed by atoms with Crippen LogP contribution in [0.2, 0.25) is 0 Å². The van der Waals surface area contributed by atoms with Crippen molar-refractivity contribution in [3.63, 3.8) is 0 Å². The Labute approximate surface area is 178 Å². The van der Waals surface area contributed by atoms with E-state index < -0.39 is 0 Å². The first-order valence-electron chi connectivity index (χ1n) is 10.6. The number of nitrogens with one attached hydrogen (secondary N) is 2. The molecule has 160 valence electrons. The Hall–Kier alpha value is -2.86. The van der Waals surface area contributed by atoms with Crippen molar-refractivity contribution in [2.45, 2.75) is 32.6 Å². The third-order valence-corrected chi connectivity index (χ3v) is 5.32. The van der Waals surface area contributed by atoms with Gasteiger partial charge in [-0.05, 0) is 62.9 Å². The standard InChI is InChI=1S/C24H31N3O3/c1-18-7-9-19(10-8-18)23(28)26-20-11-12-22(27-14-4-3-5-15-27)21(17-20)24(29)25-13-6-16-30-2/h7-12,17H,3-6,13-16H2,1-2H3,(H,25,29)(H,26,28). The zero-order chi connectivity index (χ0) is 21.3. The van der Waals surface area contributed by atoms with E-state index in [9.17, 15) is 9.59 Å². The van der Waals surface area contributed by atoms with E-state index >= 15 is 0 Å². The lowest BCUT2D eigenvalue weighted by Gasteiger charge is -2.30. The number of nitrogens with zero attached hydrogens (tertiary/aromatic N) is 1. The van der Waals surface area contributed by atoms with Crippen LogP contribution in [0.15, 0.2) is 42.5 Å². The summed E-state index contributed by atoms with van der Waals surface area (Å²) in [5.74, 6) is -0.315. The van der Waals surface area contributed by atoms with Gasteiger partial charge >= 0.3 is 0 Å². The average Bonchev–Trinajstić information content (AvgIpc) is 2.77. The molecule has 1 aliphatic heterocycles. The molecule has 2 aromatic rings. The molecule has 1 heterocycles. The minimum absolute atomic E-state index is 0.127. The van der Waals surface area contributed by atoms with E-state index in [1.54, 1.807) is 25.3 Å². The number of anilines is 2. The molecule has 6 heteroatoms. The lowest BCUT2D eigenvalue weighted by atomic mass is 10.1. The molecule has 0 atom stereocenters. The van der Waals surface area contributed by atoms with Gasteiger partial charge in [-0.3, -0.25) is 9.59 Å². The Morgan fingerprint density at radius 2 is 1.73 bits per heavy atom. The number of carbonyl (C=O) groups is 2. The lowest BCUT2D eigenvalue weighted by Crippen LogP contribution is -2.33. The fraction of sp³-hybridized carbons (Fsp3) is 0.417. The summed E-state index contributed by atoms with van der Waals surface area (Å²) in [6.07, 6.45) is 4.23. The van der Waals surface area contributed by atoms with Gasteiger partial charge in [0.15, 0.2) is 0 Å². The number of amides is 2. The summed E-state index contributed by atoms with van der Waals surface area (Å²) in [6, 6.07) is 13.0. The van der Waals surface area contributed by atoms with Crippen LogP contribution in [-0.4, -0.2) is 45.2 Å². The number of carbonyl (C=O) groups excluding carboxylic acids is 2. The van der Waals surface area contributed by atoms with Gasteiger partial charge in [-0.25, -0.2) is 0 Å². The minimum atomic E-state index is -0.188. The number of benzene rings is 2. The normalized spacial score (nSPS) is 13.7. The predicted octanol–water partition coefficient (Wildman–Crippen LogP) is 4.00. The molecule has 1 aliphatic rings. The second-order valence-corrected chi connectivity index (χ2v) is 7.70. The third-order valence-electron chi connectivity index (χ3n) is 5.32. The number of ether oxygens (including phenoxy) is 1. The number of rotatable bonds is 8.